The molecule has 0 aliphatic rings. The molecule has 0 atom stereocenters. The van der Waals surface area contributed by atoms with Gasteiger partial charge in [-0.2, -0.15) is 0 Å². The topological polar surface area (TPSA) is 64.6 Å². The van der Waals surface area contributed by atoms with Crippen molar-refractivity contribution in [1.29, 1.82) is 0 Å². The number of nitrogens with one attached hydrogen (secondary N) is 1. The lowest BCUT2D eigenvalue weighted by atomic mass is 10.1. The molecule has 0 aromatic heterocycles. The zero-order valence-corrected chi connectivity index (χ0v) is 14.5. The van der Waals surface area contributed by atoms with Crippen molar-refractivity contribution in [2.75, 3.05) is 13.7 Å². The van der Waals surface area contributed by atoms with Crippen molar-refractivity contribution in [2.24, 2.45) is 0 Å². The standard InChI is InChI=1S/C19H18ClNO4/c1-24-18(22)16-12-14(9-10-17(16)20)8-5-11-21-19(23)25-13-15-6-3-2-4-7-15/h2-10,12H,11,13H2,1H3,(H,21,23). The monoisotopic (exact) mass is 359 g/mol. The molecule has 0 spiro atoms. The lowest BCUT2D eigenvalue weighted by Crippen LogP contribution is -2.24. The average molecular weight is 360 g/mol. The SMILES string of the molecule is COC(=O)c1cc(C=CCNC(=O)OCc2ccccc2)ccc1Cl. The summed E-state index contributed by atoms with van der Waals surface area (Å²) in [6.07, 6.45) is 3.01. The Morgan fingerprint density at radius 3 is 2.64 bits per heavy atom. The van der Waals surface area contributed by atoms with Gasteiger partial charge in [0.25, 0.3) is 0 Å². The number of carbonyl (C=O) groups excluding carboxylic acids is 2. The smallest absolute Gasteiger partial charge is 0.407 e. The molecule has 1 N–H and O–H groups in total. The van der Waals surface area contributed by atoms with E-state index < -0.39 is 12.1 Å². The molecule has 130 valence electrons. The maximum atomic E-state index is 11.6. The summed E-state index contributed by atoms with van der Waals surface area (Å²) in [5.74, 6) is -0.497. The van der Waals surface area contributed by atoms with Gasteiger partial charge >= 0.3 is 12.1 Å². The highest BCUT2D eigenvalue weighted by molar-refractivity contribution is 6.33. The van der Waals surface area contributed by atoms with Crippen LogP contribution in [0.15, 0.2) is 54.6 Å². The van der Waals surface area contributed by atoms with Gasteiger partial charge < -0.3 is 14.8 Å². The van der Waals surface area contributed by atoms with Crippen molar-refractivity contribution >= 4 is 29.7 Å². The van der Waals surface area contributed by atoms with Gasteiger partial charge in [0.15, 0.2) is 0 Å². The molecular weight excluding hydrogens is 342 g/mol. The average Bonchev–Trinajstić information content (AvgIpc) is 2.65. The molecule has 1 amide bonds. The Morgan fingerprint density at radius 2 is 1.92 bits per heavy atom. The highest BCUT2D eigenvalue weighted by atomic mass is 35.5. The number of esters is 1. The van der Waals surface area contributed by atoms with Crippen LogP contribution in [0, 0.1) is 0 Å². The lowest BCUT2D eigenvalue weighted by molar-refractivity contribution is 0.0601. The Hall–Kier alpha value is -2.79. The minimum atomic E-state index is -0.500. The summed E-state index contributed by atoms with van der Waals surface area (Å²) in [5.41, 5.74) is 1.98. The number of rotatable bonds is 6. The molecule has 0 bridgehead atoms. The molecular formula is C19H18ClNO4. The molecule has 2 aromatic carbocycles. The van der Waals surface area contributed by atoms with E-state index in [9.17, 15) is 9.59 Å². The van der Waals surface area contributed by atoms with Gasteiger partial charge in [0.2, 0.25) is 0 Å². The first-order valence-corrected chi connectivity index (χ1v) is 7.97. The summed E-state index contributed by atoms with van der Waals surface area (Å²) >= 11 is 5.96. The van der Waals surface area contributed by atoms with Crippen LogP contribution in [-0.4, -0.2) is 25.7 Å². The zero-order chi connectivity index (χ0) is 18.1. The molecule has 0 fully saturated rings. The second kappa shape index (κ2) is 9.49. The second-order valence-electron chi connectivity index (χ2n) is 5.08. The zero-order valence-electron chi connectivity index (χ0n) is 13.7. The van der Waals surface area contributed by atoms with E-state index in [1.807, 2.05) is 30.3 Å². The summed E-state index contributed by atoms with van der Waals surface area (Å²) in [6, 6.07) is 14.4. The fraction of sp³-hybridized carbons (Fsp3) is 0.158. The number of halogens is 1. The van der Waals surface area contributed by atoms with Gasteiger partial charge in [0.05, 0.1) is 17.7 Å². The molecule has 2 rings (SSSR count). The van der Waals surface area contributed by atoms with Crippen LogP contribution in [0.5, 0.6) is 0 Å². The van der Waals surface area contributed by atoms with E-state index in [4.69, 9.17) is 16.3 Å². The number of ether oxygens (including phenoxy) is 2. The summed E-state index contributed by atoms with van der Waals surface area (Å²) in [5, 5.41) is 2.94. The third-order valence-corrected chi connectivity index (χ3v) is 3.61. The maximum absolute atomic E-state index is 11.6. The Balaban J connectivity index is 1.81. The first-order valence-electron chi connectivity index (χ1n) is 7.59. The van der Waals surface area contributed by atoms with Gasteiger partial charge in [0, 0.05) is 6.54 Å². The summed E-state index contributed by atoms with van der Waals surface area (Å²) in [6.45, 7) is 0.514. The van der Waals surface area contributed by atoms with Crippen LogP contribution in [0.3, 0.4) is 0 Å². The van der Waals surface area contributed by atoms with Crippen LogP contribution in [-0.2, 0) is 16.1 Å². The van der Waals surface area contributed by atoms with Crippen LogP contribution < -0.4 is 5.32 Å². The Bertz CT molecular complexity index is 759. The van der Waals surface area contributed by atoms with Crippen molar-refractivity contribution in [3.05, 3.63) is 76.3 Å². The molecule has 0 saturated heterocycles. The van der Waals surface area contributed by atoms with Crippen LogP contribution in [0.25, 0.3) is 6.08 Å². The van der Waals surface area contributed by atoms with Gasteiger partial charge in [-0.25, -0.2) is 9.59 Å². The third kappa shape index (κ3) is 5.97. The van der Waals surface area contributed by atoms with Crippen molar-refractivity contribution < 1.29 is 19.1 Å². The van der Waals surface area contributed by atoms with Crippen molar-refractivity contribution in [3.8, 4) is 0 Å². The largest absolute Gasteiger partial charge is 0.465 e. The van der Waals surface area contributed by atoms with Crippen LogP contribution in [0.1, 0.15) is 21.5 Å². The van der Waals surface area contributed by atoms with Crippen molar-refractivity contribution in [2.45, 2.75) is 6.61 Å². The van der Waals surface area contributed by atoms with E-state index in [0.717, 1.165) is 11.1 Å². The molecule has 0 unspecified atom stereocenters. The molecule has 5 nitrogen and oxygen atoms in total. The molecule has 0 radical (unpaired) electrons. The van der Waals surface area contributed by atoms with E-state index in [2.05, 4.69) is 10.1 Å². The number of hydrogen-bond donors (Lipinski definition) is 1. The first-order chi connectivity index (χ1) is 12.1. The highest BCUT2D eigenvalue weighted by Crippen LogP contribution is 2.19. The van der Waals surface area contributed by atoms with E-state index >= 15 is 0 Å². The van der Waals surface area contributed by atoms with E-state index in [-0.39, 0.29) is 6.61 Å². The predicted octanol–water partition coefficient (Wildman–Crippen LogP) is 4.07. The van der Waals surface area contributed by atoms with E-state index in [0.29, 0.717) is 17.1 Å². The fourth-order valence-electron chi connectivity index (χ4n) is 2.02. The van der Waals surface area contributed by atoms with Crippen molar-refractivity contribution in [3.63, 3.8) is 0 Å². The summed E-state index contributed by atoms with van der Waals surface area (Å²) in [7, 11) is 1.30. The fourth-order valence-corrected chi connectivity index (χ4v) is 2.22. The normalized spacial score (nSPS) is 10.5. The maximum Gasteiger partial charge on any atom is 0.407 e. The van der Waals surface area contributed by atoms with Crippen LogP contribution in [0.4, 0.5) is 4.79 Å². The van der Waals surface area contributed by atoms with Gasteiger partial charge in [-0.3, -0.25) is 0 Å². The third-order valence-electron chi connectivity index (χ3n) is 3.28. The number of benzene rings is 2. The van der Waals surface area contributed by atoms with Gasteiger partial charge in [-0.15, -0.1) is 0 Å². The van der Waals surface area contributed by atoms with Crippen molar-refractivity contribution in [1.82, 2.24) is 5.32 Å². The number of amides is 1. The van der Waals surface area contributed by atoms with Gasteiger partial charge in [-0.05, 0) is 23.3 Å². The molecule has 0 heterocycles. The molecule has 25 heavy (non-hydrogen) atoms. The summed E-state index contributed by atoms with van der Waals surface area (Å²) in [4.78, 5) is 23.2. The van der Waals surface area contributed by atoms with Crippen LogP contribution >= 0.6 is 11.6 Å². The Labute approximate surface area is 151 Å². The highest BCUT2D eigenvalue weighted by Gasteiger charge is 2.10. The molecule has 0 aliphatic heterocycles. The van der Waals surface area contributed by atoms with E-state index in [1.54, 1.807) is 30.4 Å². The van der Waals surface area contributed by atoms with Gasteiger partial charge in [-0.1, -0.05) is 60.2 Å². The number of methoxy groups -OCH3 is 1. The van der Waals surface area contributed by atoms with Gasteiger partial charge in [0.1, 0.15) is 6.61 Å². The number of carbonyl (C=O) groups is 2. The molecule has 0 saturated carbocycles. The number of hydrogen-bond acceptors (Lipinski definition) is 4. The number of alkyl carbamates (subject to hydrolysis) is 1. The predicted molar refractivity (Wildman–Crippen MR) is 96.5 cm³/mol. The second-order valence-corrected chi connectivity index (χ2v) is 5.48. The minimum Gasteiger partial charge on any atom is -0.465 e. The minimum absolute atomic E-state index is 0.218. The molecule has 0 aliphatic carbocycles. The van der Waals surface area contributed by atoms with Crippen LogP contribution in [0.2, 0.25) is 5.02 Å². The quantitative estimate of drug-likeness (QED) is 0.790. The summed E-state index contributed by atoms with van der Waals surface area (Å²) < 4.78 is 9.77. The molecule has 2 aromatic rings. The first kappa shape index (κ1) is 18.5. The lowest BCUT2D eigenvalue weighted by Gasteiger charge is -2.05. The molecule has 6 heteroatoms. The Morgan fingerprint density at radius 1 is 1.16 bits per heavy atom. The Kier molecular flexibility index (Phi) is 7.04. The van der Waals surface area contributed by atoms with E-state index in [1.165, 1.54) is 7.11 Å².